The number of esters is 1. The first-order chi connectivity index (χ1) is 24.0. The number of carbonyl (C=O) groups is 5. The highest BCUT2D eigenvalue weighted by Crippen LogP contribution is 2.34. The van der Waals surface area contributed by atoms with E-state index in [4.69, 9.17) is 21.9 Å². The third-order valence-corrected chi connectivity index (χ3v) is 9.51. The number of ether oxygens (including phenoxy) is 1. The fraction of sp³-hybridized carbons (Fsp3) is 0.541. The highest BCUT2D eigenvalue weighted by molar-refractivity contribution is 5.95. The maximum atomic E-state index is 13.9. The van der Waals surface area contributed by atoms with E-state index in [1.807, 2.05) is 60.7 Å². The largest absolute Gasteiger partial charge is 0.468 e. The van der Waals surface area contributed by atoms with Crippen molar-refractivity contribution < 1.29 is 28.7 Å². The number of methoxy groups -OCH3 is 1. The number of amides is 4. The number of hydrogen-bond donors (Lipinski definition) is 6. The van der Waals surface area contributed by atoms with Gasteiger partial charge in [0.15, 0.2) is 0 Å². The van der Waals surface area contributed by atoms with Crippen molar-refractivity contribution in [2.24, 2.45) is 23.1 Å². The van der Waals surface area contributed by atoms with E-state index in [-0.39, 0.29) is 31.8 Å². The Labute approximate surface area is 294 Å². The number of rotatable bonds is 19. The minimum absolute atomic E-state index is 0.0309. The third kappa shape index (κ3) is 11.4. The third-order valence-electron chi connectivity index (χ3n) is 9.51. The summed E-state index contributed by atoms with van der Waals surface area (Å²) in [5.74, 6) is -2.00. The maximum Gasteiger partial charge on any atom is 0.327 e. The van der Waals surface area contributed by atoms with Crippen LogP contribution in [0.4, 0.5) is 0 Å². The van der Waals surface area contributed by atoms with Gasteiger partial charge in [-0.1, -0.05) is 73.5 Å². The number of likely N-dealkylation sites (tertiary alicyclic amines) is 1. The lowest BCUT2D eigenvalue weighted by Crippen LogP contribution is -2.58. The van der Waals surface area contributed by atoms with Crippen LogP contribution in [0.25, 0.3) is 0 Å². The van der Waals surface area contributed by atoms with E-state index >= 15 is 0 Å². The van der Waals surface area contributed by atoms with E-state index in [9.17, 15) is 24.0 Å². The van der Waals surface area contributed by atoms with Crippen LogP contribution in [0.1, 0.15) is 62.5 Å². The zero-order chi connectivity index (χ0) is 36.1. The van der Waals surface area contributed by atoms with E-state index in [0.29, 0.717) is 44.6 Å². The molecule has 0 aromatic heterocycles. The SMILES string of the molecule is COC(=O)C1(N)CCN(C(=O)[C@@H](CCCCN)NC(=O)[C@@H](CCC2CC2)NC(=O)[C@@H](Cc2ccccc2)NC(=O)[C@H](N)Cc2ccccc2)C1. The van der Waals surface area contributed by atoms with Crippen LogP contribution in [0.5, 0.6) is 0 Å². The Morgan fingerprint density at radius 1 is 0.820 bits per heavy atom. The molecule has 50 heavy (non-hydrogen) atoms. The van der Waals surface area contributed by atoms with Gasteiger partial charge < -0.3 is 42.8 Å². The number of nitrogens with one attached hydrogen (secondary N) is 3. The van der Waals surface area contributed by atoms with Crippen molar-refractivity contribution in [3.05, 3.63) is 71.8 Å². The predicted octanol–water partition coefficient (Wildman–Crippen LogP) is 0.676. The van der Waals surface area contributed by atoms with Crippen LogP contribution in [-0.2, 0) is 41.6 Å². The lowest BCUT2D eigenvalue weighted by molar-refractivity contribution is -0.147. The summed E-state index contributed by atoms with van der Waals surface area (Å²) < 4.78 is 4.85. The van der Waals surface area contributed by atoms with Crippen LogP contribution in [0, 0.1) is 5.92 Å². The highest BCUT2D eigenvalue weighted by atomic mass is 16.5. The van der Waals surface area contributed by atoms with E-state index in [2.05, 4.69) is 16.0 Å². The summed E-state index contributed by atoms with van der Waals surface area (Å²) in [5, 5.41) is 8.62. The summed E-state index contributed by atoms with van der Waals surface area (Å²) in [7, 11) is 1.25. The van der Waals surface area contributed by atoms with Crippen molar-refractivity contribution in [3.63, 3.8) is 0 Å². The number of hydrogen-bond acceptors (Lipinski definition) is 9. The minimum Gasteiger partial charge on any atom is -0.468 e. The van der Waals surface area contributed by atoms with Crippen LogP contribution in [-0.4, -0.2) is 90.9 Å². The van der Waals surface area contributed by atoms with Crippen LogP contribution in [0.15, 0.2) is 60.7 Å². The fourth-order valence-corrected chi connectivity index (χ4v) is 6.28. The Bertz CT molecular complexity index is 1440. The first kappa shape index (κ1) is 38.5. The summed E-state index contributed by atoms with van der Waals surface area (Å²) in [4.78, 5) is 68.7. The van der Waals surface area contributed by atoms with E-state index < -0.39 is 53.4 Å². The minimum atomic E-state index is -1.32. The van der Waals surface area contributed by atoms with Crippen molar-refractivity contribution in [2.45, 2.75) is 93.9 Å². The first-order valence-corrected chi connectivity index (χ1v) is 17.6. The van der Waals surface area contributed by atoms with Gasteiger partial charge in [-0.25, -0.2) is 4.79 Å². The topological polar surface area (TPSA) is 212 Å². The van der Waals surface area contributed by atoms with E-state index in [0.717, 1.165) is 30.4 Å². The average Bonchev–Trinajstić information content (AvgIpc) is 3.87. The molecule has 4 amide bonds. The molecule has 4 rings (SSSR count). The second-order valence-electron chi connectivity index (χ2n) is 13.6. The Kier molecular flexibility index (Phi) is 14.3. The Morgan fingerprint density at radius 3 is 2.00 bits per heavy atom. The number of unbranched alkanes of at least 4 members (excludes halogenated alkanes) is 1. The van der Waals surface area contributed by atoms with Crippen LogP contribution < -0.4 is 33.2 Å². The maximum absolute atomic E-state index is 13.9. The van der Waals surface area contributed by atoms with Crippen molar-refractivity contribution in [1.82, 2.24) is 20.9 Å². The molecule has 1 saturated heterocycles. The van der Waals surface area contributed by atoms with Gasteiger partial charge in [-0.05, 0) is 68.5 Å². The first-order valence-electron chi connectivity index (χ1n) is 17.6. The molecule has 1 aliphatic heterocycles. The van der Waals surface area contributed by atoms with Crippen molar-refractivity contribution in [1.29, 1.82) is 0 Å². The molecule has 1 aliphatic carbocycles. The monoisotopic (exact) mass is 691 g/mol. The molecule has 2 aromatic carbocycles. The fourth-order valence-electron chi connectivity index (χ4n) is 6.28. The molecule has 2 aromatic rings. The molecule has 1 saturated carbocycles. The van der Waals surface area contributed by atoms with E-state index in [1.165, 1.54) is 12.0 Å². The summed E-state index contributed by atoms with van der Waals surface area (Å²) in [6.45, 7) is 0.635. The molecule has 5 atom stereocenters. The Balaban J connectivity index is 1.49. The summed E-state index contributed by atoms with van der Waals surface area (Å²) in [6, 6.07) is 14.9. The molecule has 0 spiro atoms. The van der Waals surface area contributed by atoms with Crippen LogP contribution in [0.2, 0.25) is 0 Å². The lowest BCUT2D eigenvalue weighted by Gasteiger charge is -2.28. The second-order valence-corrected chi connectivity index (χ2v) is 13.6. The smallest absolute Gasteiger partial charge is 0.327 e. The van der Waals surface area contributed by atoms with Gasteiger partial charge in [-0.2, -0.15) is 0 Å². The molecule has 2 aliphatic rings. The van der Waals surface area contributed by atoms with Crippen LogP contribution >= 0.6 is 0 Å². The van der Waals surface area contributed by atoms with Gasteiger partial charge in [0.2, 0.25) is 23.6 Å². The standard InChI is InChI=1S/C37H53N7O6/c1-50-36(49)37(40)19-21-44(24-37)35(48)30(14-8-9-20-38)42-33(46)29(18-17-25-15-16-25)41-34(47)31(23-27-12-6-3-7-13-27)43-32(45)28(39)22-26-10-4-2-5-11-26/h2-7,10-13,25,28-31H,8-9,14-24,38-40H2,1H3,(H,41,47)(H,42,46)(H,43,45)/t28-,29-,30-,31-,37?/m1/s1. The van der Waals surface area contributed by atoms with E-state index in [1.54, 1.807) is 0 Å². The molecule has 1 unspecified atom stereocenters. The lowest BCUT2D eigenvalue weighted by atomic mass is 10.0. The van der Waals surface area contributed by atoms with Gasteiger partial charge in [0.05, 0.1) is 13.2 Å². The average molecular weight is 692 g/mol. The Morgan fingerprint density at radius 2 is 1.40 bits per heavy atom. The molecule has 1 heterocycles. The number of carbonyl (C=O) groups excluding carboxylic acids is 5. The number of nitrogens with zero attached hydrogens (tertiary/aromatic N) is 1. The van der Waals surface area contributed by atoms with Crippen LogP contribution in [0.3, 0.4) is 0 Å². The molecule has 13 nitrogen and oxygen atoms in total. The molecule has 0 bridgehead atoms. The quantitative estimate of drug-likeness (QED) is 0.0902. The van der Waals surface area contributed by atoms with Gasteiger partial charge in [0.25, 0.3) is 0 Å². The number of nitrogens with two attached hydrogens (primary N) is 3. The van der Waals surface area contributed by atoms with Gasteiger partial charge in [-0.15, -0.1) is 0 Å². The summed E-state index contributed by atoms with van der Waals surface area (Å²) in [6.07, 6.45) is 5.48. The molecular formula is C37H53N7O6. The van der Waals surface area contributed by atoms with Gasteiger partial charge in [0.1, 0.15) is 23.7 Å². The zero-order valence-electron chi connectivity index (χ0n) is 29.0. The van der Waals surface area contributed by atoms with Crippen molar-refractivity contribution in [3.8, 4) is 0 Å². The van der Waals surface area contributed by atoms with Gasteiger partial charge in [0, 0.05) is 19.5 Å². The van der Waals surface area contributed by atoms with Crippen molar-refractivity contribution in [2.75, 3.05) is 26.7 Å². The predicted molar refractivity (Wildman–Crippen MR) is 189 cm³/mol. The van der Waals surface area contributed by atoms with Gasteiger partial charge in [-0.3, -0.25) is 19.2 Å². The molecular weight excluding hydrogens is 638 g/mol. The summed E-state index contributed by atoms with van der Waals surface area (Å²) in [5.41, 5.74) is 18.6. The molecule has 0 radical (unpaired) electrons. The van der Waals surface area contributed by atoms with Crippen molar-refractivity contribution >= 4 is 29.6 Å². The zero-order valence-corrected chi connectivity index (χ0v) is 29.0. The highest BCUT2D eigenvalue weighted by Gasteiger charge is 2.45. The molecule has 272 valence electrons. The summed E-state index contributed by atoms with van der Waals surface area (Å²) >= 11 is 0. The number of benzene rings is 2. The second kappa shape index (κ2) is 18.6. The molecule has 9 N–H and O–H groups in total. The molecule has 2 fully saturated rings. The Hall–Kier alpha value is -4.33. The normalized spacial score (nSPS) is 19.5. The molecule has 13 heteroatoms. The van der Waals surface area contributed by atoms with Gasteiger partial charge >= 0.3 is 5.97 Å².